The molecule has 2 amide bonds. The normalized spacial score (nSPS) is 19.7. The van der Waals surface area contributed by atoms with Gasteiger partial charge in [0, 0.05) is 25.0 Å². The van der Waals surface area contributed by atoms with Crippen molar-refractivity contribution in [2.75, 3.05) is 13.1 Å². The van der Waals surface area contributed by atoms with Crippen molar-refractivity contribution in [1.29, 1.82) is 0 Å². The minimum Gasteiger partial charge on any atom is -0.336 e. The van der Waals surface area contributed by atoms with E-state index in [1.165, 1.54) is 4.90 Å². The van der Waals surface area contributed by atoms with Gasteiger partial charge in [0.15, 0.2) is 5.82 Å². The maximum atomic E-state index is 12.4. The Balaban J connectivity index is 1.99. The first kappa shape index (κ1) is 14.6. The number of carbonyl (C=O) groups excluding carboxylic acids is 1. The highest BCUT2D eigenvalue weighted by Gasteiger charge is 2.40. The Labute approximate surface area is 113 Å². The lowest BCUT2D eigenvalue weighted by atomic mass is 10.1. The van der Waals surface area contributed by atoms with Gasteiger partial charge in [0.1, 0.15) is 0 Å². The SMILES string of the molecule is CC(C)NC(=O)N1CCC(c2noc(C(F)(F)F)n2)C1. The van der Waals surface area contributed by atoms with Crippen LogP contribution in [0.2, 0.25) is 0 Å². The molecule has 1 aliphatic rings. The Hall–Kier alpha value is -1.80. The van der Waals surface area contributed by atoms with Gasteiger partial charge < -0.3 is 14.7 Å². The van der Waals surface area contributed by atoms with Crippen molar-refractivity contribution in [1.82, 2.24) is 20.4 Å². The number of carbonyl (C=O) groups is 1. The Morgan fingerprint density at radius 2 is 2.20 bits per heavy atom. The van der Waals surface area contributed by atoms with Gasteiger partial charge in [-0.05, 0) is 20.3 Å². The first-order valence-electron chi connectivity index (χ1n) is 6.23. The fourth-order valence-corrected chi connectivity index (χ4v) is 2.01. The predicted octanol–water partition coefficient (Wildman–Crippen LogP) is 2.00. The smallest absolute Gasteiger partial charge is 0.336 e. The van der Waals surface area contributed by atoms with Crippen LogP contribution in [0, 0.1) is 0 Å². The van der Waals surface area contributed by atoms with Crippen LogP contribution in [0.4, 0.5) is 18.0 Å². The molecule has 20 heavy (non-hydrogen) atoms. The summed E-state index contributed by atoms with van der Waals surface area (Å²) in [5, 5.41) is 6.08. The first-order valence-corrected chi connectivity index (χ1v) is 6.23. The van der Waals surface area contributed by atoms with Gasteiger partial charge >= 0.3 is 18.1 Å². The van der Waals surface area contributed by atoms with Crippen molar-refractivity contribution in [2.45, 2.75) is 38.4 Å². The third kappa shape index (κ3) is 3.20. The number of amides is 2. The van der Waals surface area contributed by atoms with Crippen molar-refractivity contribution in [3.8, 4) is 0 Å². The Morgan fingerprint density at radius 1 is 1.50 bits per heavy atom. The lowest BCUT2D eigenvalue weighted by molar-refractivity contribution is -0.159. The van der Waals surface area contributed by atoms with Crippen LogP contribution in [0.5, 0.6) is 0 Å². The molecule has 0 aliphatic carbocycles. The molecule has 1 fully saturated rings. The second-order valence-corrected chi connectivity index (χ2v) is 4.99. The van der Waals surface area contributed by atoms with Crippen LogP contribution in [0.15, 0.2) is 4.52 Å². The summed E-state index contributed by atoms with van der Waals surface area (Å²) < 4.78 is 41.3. The summed E-state index contributed by atoms with van der Waals surface area (Å²) in [4.78, 5) is 16.7. The predicted molar refractivity (Wildman–Crippen MR) is 61.9 cm³/mol. The van der Waals surface area contributed by atoms with Gasteiger partial charge in [-0.1, -0.05) is 5.16 Å². The molecule has 0 bridgehead atoms. The molecule has 1 aromatic rings. The van der Waals surface area contributed by atoms with E-state index in [0.29, 0.717) is 13.0 Å². The van der Waals surface area contributed by atoms with Gasteiger partial charge in [-0.3, -0.25) is 0 Å². The van der Waals surface area contributed by atoms with Crippen LogP contribution >= 0.6 is 0 Å². The Bertz CT molecular complexity index is 486. The molecule has 1 unspecified atom stereocenters. The minimum absolute atomic E-state index is 0.00262. The van der Waals surface area contributed by atoms with Crippen molar-refractivity contribution in [2.24, 2.45) is 0 Å². The molecule has 1 aromatic heterocycles. The largest absolute Gasteiger partial charge is 0.471 e. The lowest BCUT2D eigenvalue weighted by Gasteiger charge is -2.18. The van der Waals surface area contributed by atoms with Crippen molar-refractivity contribution < 1.29 is 22.5 Å². The monoisotopic (exact) mass is 292 g/mol. The van der Waals surface area contributed by atoms with Crippen LogP contribution in [0.1, 0.15) is 37.9 Å². The average Bonchev–Trinajstić information content (AvgIpc) is 2.96. The van der Waals surface area contributed by atoms with Crippen molar-refractivity contribution >= 4 is 6.03 Å². The molecular formula is C11H15F3N4O2. The van der Waals surface area contributed by atoms with E-state index in [1.807, 2.05) is 13.8 Å². The molecular weight excluding hydrogens is 277 g/mol. The molecule has 0 saturated carbocycles. The van der Waals surface area contributed by atoms with Crippen molar-refractivity contribution in [3.05, 3.63) is 11.7 Å². The number of likely N-dealkylation sites (tertiary alicyclic amines) is 1. The standard InChI is InChI=1S/C11H15F3N4O2/c1-6(2)15-10(19)18-4-3-7(5-18)8-16-9(20-17-8)11(12,13)14/h6-7H,3-5H2,1-2H3,(H,15,19). The second kappa shape index (κ2) is 5.29. The van der Waals surface area contributed by atoms with Crippen LogP contribution < -0.4 is 5.32 Å². The second-order valence-electron chi connectivity index (χ2n) is 4.99. The minimum atomic E-state index is -4.64. The highest BCUT2D eigenvalue weighted by Crippen LogP contribution is 2.31. The van der Waals surface area contributed by atoms with E-state index >= 15 is 0 Å². The van der Waals surface area contributed by atoms with E-state index in [-0.39, 0.29) is 30.4 Å². The molecule has 0 spiro atoms. The van der Waals surface area contributed by atoms with E-state index in [0.717, 1.165) is 0 Å². The fraction of sp³-hybridized carbons (Fsp3) is 0.727. The average molecular weight is 292 g/mol. The van der Waals surface area contributed by atoms with E-state index in [1.54, 1.807) is 0 Å². The Kier molecular flexibility index (Phi) is 3.87. The fourth-order valence-electron chi connectivity index (χ4n) is 2.01. The van der Waals surface area contributed by atoms with Gasteiger partial charge in [0.2, 0.25) is 0 Å². The molecule has 1 aliphatic heterocycles. The third-order valence-electron chi connectivity index (χ3n) is 2.94. The summed E-state index contributed by atoms with van der Waals surface area (Å²) in [5.41, 5.74) is 0. The van der Waals surface area contributed by atoms with E-state index in [2.05, 4.69) is 20.0 Å². The van der Waals surface area contributed by atoms with Gasteiger partial charge in [0.05, 0.1) is 0 Å². The highest BCUT2D eigenvalue weighted by molar-refractivity contribution is 5.74. The number of nitrogens with one attached hydrogen (secondary N) is 1. The number of urea groups is 1. The molecule has 2 rings (SSSR count). The van der Waals surface area contributed by atoms with Gasteiger partial charge in [0.25, 0.3) is 0 Å². The van der Waals surface area contributed by atoms with E-state index in [9.17, 15) is 18.0 Å². The zero-order valence-corrected chi connectivity index (χ0v) is 11.1. The van der Waals surface area contributed by atoms with Crippen LogP contribution in [0.25, 0.3) is 0 Å². The number of nitrogens with zero attached hydrogens (tertiary/aromatic N) is 3. The summed E-state index contributed by atoms with van der Waals surface area (Å²) in [7, 11) is 0. The van der Waals surface area contributed by atoms with Gasteiger partial charge in [-0.2, -0.15) is 18.2 Å². The highest BCUT2D eigenvalue weighted by atomic mass is 19.4. The maximum absolute atomic E-state index is 12.4. The number of aromatic nitrogens is 2. The summed E-state index contributed by atoms with van der Waals surface area (Å²) in [6, 6.07) is -0.231. The molecule has 0 aromatic carbocycles. The van der Waals surface area contributed by atoms with Crippen LogP contribution in [-0.2, 0) is 6.18 Å². The summed E-state index contributed by atoms with van der Waals surface area (Å²) >= 11 is 0. The van der Waals surface area contributed by atoms with Crippen LogP contribution in [-0.4, -0.2) is 40.2 Å². The molecule has 112 valence electrons. The molecule has 2 heterocycles. The zero-order chi connectivity index (χ0) is 14.9. The molecule has 1 atom stereocenters. The van der Waals surface area contributed by atoms with Crippen molar-refractivity contribution in [3.63, 3.8) is 0 Å². The number of hydrogen-bond donors (Lipinski definition) is 1. The quantitative estimate of drug-likeness (QED) is 0.905. The number of alkyl halides is 3. The molecule has 0 radical (unpaired) electrons. The lowest BCUT2D eigenvalue weighted by Crippen LogP contribution is -2.41. The summed E-state index contributed by atoms with van der Waals surface area (Å²) in [5.74, 6) is -1.68. The van der Waals surface area contributed by atoms with Gasteiger partial charge in [-0.25, -0.2) is 4.79 Å². The number of halogens is 3. The van der Waals surface area contributed by atoms with E-state index in [4.69, 9.17) is 0 Å². The van der Waals surface area contributed by atoms with Gasteiger partial charge in [-0.15, -0.1) is 0 Å². The molecule has 6 nitrogen and oxygen atoms in total. The third-order valence-corrected chi connectivity index (χ3v) is 2.94. The van der Waals surface area contributed by atoms with Crippen LogP contribution in [0.3, 0.4) is 0 Å². The zero-order valence-electron chi connectivity index (χ0n) is 11.1. The molecule has 1 saturated heterocycles. The maximum Gasteiger partial charge on any atom is 0.471 e. The summed E-state index contributed by atoms with van der Waals surface area (Å²) in [6.45, 7) is 4.41. The number of hydrogen-bond acceptors (Lipinski definition) is 4. The Morgan fingerprint density at radius 3 is 2.75 bits per heavy atom. The number of rotatable bonds is 2. The molecule has 9 heteroatoms. The van der Waals surface area contributed by atoms with E-state index < -0.39 is 12.1 Å². The topological polar surface area (TPSA) is 71.3 Å². The summed E-state index contributed by atoms with van der Waals surface area (Å²) in [6.07, 6.45) is -4.12. The molecule has 1 N–H and O–H groups in total. The first-order chi connectivity index (χ1) is 9.27.